The number of hydrogen-bond acceptors (Lipinski definition) is 4. The third-order valence-corrected chi connectivity index (χ3v) is 5.15. The van der Waals surface area contributed by atoms with Crippen LogP contribution < -0.4 is 10.2 Å². The molecule has 1 N–H and O–H groups in total. The number of rotatable bonds is 4. The van der Waals surface area contributed by atoms with E-state index in [1.807, 2.05) is 36.6 Å². The standard InChI is InChI=1S/C21H15FN2O2S/c1-13-8-10-14(11-9-13)23-19-18(17-7-4-12-27-17)20(25)24(21(19)26)16-6-3-2-5-15(16)22/h2-12,23H,1H3. The van der Waals surface area contributed by atoms with E-state index in [0.717, 1.165) is 10.5 Å². The fourth-order valence-corrected chi connectivity index (χ4v) is 3.70. The Kier molecular flexibility index (Phi) is 4.33. The molecule has 0 radical (unpaired) electrons. The maximum absolute atomic E-state index is 14.3. The van der Waals surface area contributed by atoms with Crippen molar-refractivity contribution in [3.8, 4) is 0 Å². The molecule has 2 aromatic carbocycles. The second-order valence-electron chi connectivity index (χ2n) is 6.12. The van der Waals surface area contributed by atoms with Crippen LogP contribution in [0.3, 0.4) is 0 Å². The fourth-order valence-electron chi connectivity index (χ4n) is 2.93. The Morgan fingerprint density at radius 1 is 0.926 bits per heavy atom. The molecule has 0 bridgehead atoms. The lowest BCUT2D eigenvalue weighted by atomic mass is 10.1. The van der Waals surface area contributed by atoms with Gasteiger partial charge in [-0.05, 0) is 42.6 Å². The van der Waals surface area contributed by atoms with E-state index >= 15 is 0 Å². The number of amides is 2. The van der Waals surface area contributed by atoms with E-state index in [1.54, 1.807) is 18.2 Å². The first-order valence-corrected chi connectivity index (χ1v) is 9.19. The van der Waals surface area contributed by atoms with E-state index in [-0.39, 0.29) is 17.0 Å². The first kappa shape index (κ1) is 17.2. The van der Waals surface area contributed by atoms with Crippen LogP contribution in [0, 0.1) is 12.7 Å². The summed E-state index contributed by atoms with van der Waals surface area (Å²) in [6.45, 7) is 1.96. The van der Waals surface area contributed by atoms with Gasteiger partial charge in [-0.25, -0.2) is 9.29 Å². The lowest BCUT2D eigenvalue weighted by Gasteiger charge is -2.16. The lowest BCUT2D eigenvalue weighted by molar-refractivity contribution is -0.120. The van der Waals surface area contributed by atoms with Gasteiger partial charge in [0.25, 0.3) is 11.8 Å². The van der Waals surface area contributed by atoms with Gasteiger partial charge in [0.05, 0.1) is 11.3 Å². The number of carbonyl (C=O) groups excluding carboxylic acids is 2. The largest absolute Gasteiger partial charge is 0.350 e. The molecule has 3 aromatic rings. The Balaban J connectivity index is 1.81. The van der Waals surface area contributed by atoms with Crippen LogP contribution in [0.4, 0.5) is 15.8 Å². The first-order valence-electron chi connectivity index (χ1n) is 8.31. The van der Waals surface area contributed by atoms with E-state index < -0.39 is 17.6 Å². The highest BCUT2D eigenvalue weighted by molar-refractivity contribution is 7.11. The zero-order chi connectivity index (χ0) is 19.0. The summed E-state index contributed by atoms with van der Waals surface area (Å²) in [5, 5.41) is 4.89. The molecule has 134 valence electrons. The van der Waals surface area contributed by atoms with Crippen LogP contribution in [-0.4, -0.2) is 11.8 Å². The lowest BCUT2D eigenvalue weighted by Crippen LogP contribution is -2.33. The Bertz CT molecular complexity index is 1060. The molecule has 6 heteroatoms. The summed E-state index contributed by atoms with van der Waals surface area (Å²) in [4.78, 5) is 27.7. The van der Waals surface area contributed by atoms with Gasteiger partial charge in [-0.3, -0.25) is 9.59 Å². The van der Waals surface area contributed by atoms with Crippen LogP contribution in [0.2, 0.25) is 0 Å². The molecule has 2 amide bonds. The van der Waals surface area contributed by atoms with Gasteiger partial charge in [-0.15, -0.1) is 11.3 Å². The van der Waals surface area contributed by atoms with E-state index in [9.17, 15) is 14.0 Å². The fraction of sp³-hybridized carbons (Fsp3) is 0.0476. The Morgan fingerprint density at radius 2 is 1.67 bits per heavy atom. The highest BCUT2D eigenvalue weighted by Crippen LogP contribution is 2.36. The molecule has 0 fully saturated rings. The molecule has 27 heavy (non-hydrogen) atoms. The maximum atomic E-state index is 14.3. The van der Waals surface area contributed by atoms with Gasteiger partial charge in [0.2, 0.25) is 0 Å². The van der Waals surface area contributed by atoms with Gasteiger partial charge in [0.1, 0.15) is 11.5 Å². The van der Waals surface area contributed by atoms with Gasteiger partial charge in [0.15, 0.2) is 0 Å². The number of carbonyl (C=O) groups is 2. The molecule has 1 aliphatic rings. The molecule has 0 spiro atoms. The highest BCUT2D eigenvalue weighted by Gasteiger charge is 2.41. The van der Waals surface area contributed by atoms with Gasteiger partial charge in [-0.2, -0.15) is 0 Å². The third kappa shape index (κ3) is 3.04. The first-order chi connectivity index (χ1) is 13.1. The average molecular weight is 378 g/mol. The van der Waals surface area contributed by atoms with Crippen LogP contribution in [0.1, 0.15) is 10.4 Å². The number of thiophene rings is 1. The minimum absolute atomic E-state index is 0.0535. The summed E-state index contributed by atoms with van der Waals surface area (Å²) < 4.78 is 14.3. The van der Waals surface area contributed by atoms with E-state index in [2.05, 4.69) is 5.32 Å². The summed E-state index contributed by atoms with van der Waals surface area (Å²) in [7, 11) is 0. The van der Waals surface area contributed by atoms with Crippen molar-refractivity contribution in [3.63, 3.8) is 0 Å². The highest BCUT2D eigenvalue weighted by atomic mass is 32.1. The second kappa shape index (κ2) is 6.81. The molecule has 0 atom stereocenters. The molecule has 0 aliphatic carbocycles. The Labute approximate surface area is 159 Å². The number of halogens is 1. The number of nitrogens with one attached hydrogen (secondary N) is 1. The van der Waals surface area contributed by atoms with Crippen LogP contribution in [0.5, 0.6) is 0 Å². The van der Waals surface area contributed by atoms with Crippen molar-refractivity contribution in [2.24, 2.45) is 0 Å². The van der Waals surface area contributed by atoms with Gasteiger partial charge in [0, 0.05) is 10.6 Å². The average Bonchev–Trinajstić information content (AvgIpc) is 3.25. The Hall–Kier alpha value is -3.25. The number of para-hydroxylation sites is 1. The summed E-state index contributed by atoms with van der Waals surface area (Å²) in [5.74, 6) is -1.74. The molecule has 1 aliphatic heterocycles. The predicted molar refractivity (Wildman–Crippen MR) is 105 cm³/mol. The molecular weight excluding hydrogens is 363 g/mol. The number of aryl methyl sites for hydroxylation is 1. The molecule has 4 nitrogen and oxygen atoms in total. The number of hydrogen-bond donors (Lipinski definition) is 1. The van der Waals surface area contributed by atoms with Crippen LogP contribution >= 0.6 is 11.3 Å². The van der Waals surface area contributed by atoms with Crippen LogP contribution in [0.25, 0.3) is 5.57 Å². The minimum atomic E-state index is -0.624. The van der Waals surface area contributed by atoms with Crippen molar-refractivity contribution in [1.82, 2.24) is 0 Å². The topological polar surface area (TPSA) is 49.4 Å². The zero-order valence-electron chi connectivity index (χ0n) is 14.4. The number of nitrogens with zero attached hydrogens (tertiary/aromatic N) is 1. The van der Waals surface area contributed by atoms with E-state index in [1.165, 1.54) is 29.5 Å². The summed E-state index contributed by atoms with van der Waals surface area (Å²) in [6.07, 6.45) is 0. The van der Waals surface area contributed by atoms with Crippen molar-refractivity contribution in [2.45, 2.75) is 6.92 Å². The SMILES string of the molecule is Cc1ccc(NC2=C(c3cccs3)C(=O)N(c3ccccc3F)C2=O)cc1. The van der Waals surface area contributed by atoms with Crippen molar-refractivity contribution >= 4 is 40.1 Å². The maximum Gasteiger partial charge on any atom is 0.282 e. The summed E-state index contributed by atoms with van der Waals surface area (Å²) >= 11 is 1.35. The van der Waals surface area contributed by atoms with E-state index in [4.69, 9.17) is 0 Å². The minimum Gasteiger partial charge on any atom is -0.350 e. The Morgan fingerprint density at radius 3 is 2.33 bits per heavy atom. The second-order valence-corrected chi connectivity index (χ2v) is 7.06. The van der Waals surface area contributed by atoms with Crippen molar-refractivity contribution in [1.29, 1.82) is 0 Å². The van der Waals surface area contributed by atoms with Crippen LogP contribution in [-0.2, 0) is 9.59 Å². The molecule has 2 heterocycles. The number of anilines is 2. The van der Waals surface area contributed by atoms with Crippen LogP contribution in [0.15, 0.2) is 71.7 Å². The zero-order valence-corrected chi connectivity index (χ0v) is 15.2. The third-order valence-electron chi connectivity index (χ3n) is 4.27. The van der Waals surface area contributed by atoms with Gasteiger partial charge in [-0.1, -0.05) is 35.9 Å². The number of imide groups is 1. The predicted octanol–water partition coefficient (Wildman–Crippen LogP) is 4.59. The van der Waals surface area contributed by atoms with Gasteiger partial charge < -0.3 is 5.32 Å². The molecular formula is C21H15FN2O2S. The van der Waals surface area contributed by atoms with Crippen molar-refractivity contribution in [2.75, 3.05) is 10.2 Å². The van der Waals surface area contributed by atoms with Crippen molar-refractivity contribution in [3.05, 3.63) is 88.0 Å². The molecule has 0 unspecified atom stereocenters. The summed E-state index contributed by atoms with van der Waals surface area (Å²) in [5.41, 5.74) is 2.10. The molecule has 0 saturated carbocycles. The smallest absolute Gasteiger partial charge is 0.282 e. The normalized spacial score (nSPS) is 14.2. The molecule has 1 aromatic heterocycles. The monoisotopic (exact) mass is 378 g/mol. The molecule has 0 saturated heterocycles. The van der Waals surface area contributed by atoms with Gasteiger partial charge >= 0.3 is 0 Å². The van der Waals surface area contributed by atoms with Crippen molar-refractivity contribution < 1.29 is 14.0 Å². The summed E-state index contributed by atoms with van der Waals surface area (Å²) in [6, 6.07) is 16.8. The number of benzene rings is 2. The quantitative estimate of drug-likeness (QED) is 0.676. The van der Waals surface area contributed by atoms with E-state index in [0.29, 0.717) is 10.6 Å². The molecule has 4 rings (SSSR count).